The van der Waals surface area contributed by atoms with Crippen molar-refractivity contribution in [2.45, 2.75) is 59.7 Å². The zero-order chi connectivity index (χ0) is 14.8. The second-order valence-electron chi connectivity index (χ2n) is 5.03. The van der Waals surface area contributed by atoms with Crippen LogP contribution in [0, 0.1) is 0 Å². The van der Waals surface area contributed by atoms with Gasteiger partial charge in [-0.25, -0.2) is 4.79 Å². The van der Waals surface area contributed by atoms with Crippen LogP contribution < -0.4 is 0 Å². The lowest BCUT2D eigenvalue weighted by Gasteiger charge is -1.99. The van der Waals surface area contributed by atoms with Crippen molar-refractivity contribution in [2.24, 2.45) is 0 Å². The summed E-state index contributed by atoms with van der Waals surface area (Å²) < 4.78 is 4.58. The first-order chi connectivity index (χ1) is 8.86. The van der Waals surface area contributed by atoms with Crippen LogP contribution in [0.5, 0.6) is 0 Å². The second kappa shape index (κ2) is 9.56. The minimum Gasteiger partial charge on any atom is -0.429 e. The van der Waals surface area contributed by atoms with Gasteiger partial charge in [0.05, 0.1) is 0 Å². The number of cyclic esters (lactones) is 1. The van der Waals surface area contributed by atoms with Crippen LogP contribution in [0.25, 0.3) is 0 Å². The molecule has 0 saturated heterocycles. The molecule has 0 aromatic carbocycles. The maximum atomic E-state index is 11.1. The van der Waals surface area contributed by atoms with Crippen LogP contribution in [0.1, 0.15) is 53.4 Å². The van der Waals surface area contributed by atoms with E-state index in [1.807, 2.05) is 13.8 Å². The van der Waals surface area contributed by atoms with E-state index in [9.17, 15) is 4.79 Å². The molecule has 1 atom stereocenters. The third kappa shape index (κ3) is 9.25. The van der Waals surface area contributed by atoms with Gasteiger partial charge in [0.1, 0.15) is 0 Å². The number of allylic oxidation sites excluding steroid dienone is 3. The molecule has 0 spiro atoms. The molecule has 0 aromatic rings. The molecule has 19 heavy (non-hydrogen) atoms. The summed E-state index contributed by atoms with van der Waals surface area (Å²) in [4.78, 5) is 11.1. The van der Waals surface area contributed by atoms with Gasteiger partial charge in [0, 0.05) is 5.57 Å². The van der Waals surface area contributed by atoms with Crippen molar-refractivity contribution in [3.8, 4) is 0 Å². The largest absolute Gasteiger partial charge is 0.429 e. The first-order valence-corrected chi connectivity index (χ1v) is 6.74. The summed E-state index contributed by atoms with van der Waals surface area (Å²) in [6, 6.07) is 0. The molecule has 1 aliphatic rings. The third-order valence-corrected chi connectivity index (χ3v) is 2.38. The molecule has 1 aliphatic heterocycles. The van der Waals surface area contributed by atoms with Crippen LogP contribution in [-0.4, -0.2) is 17.4 Å². The molecule has 1 unspecified atom stereocenters. The molecule has 0 radical (unpaired) electrons. The standard InChI is InChI=1S/C12H18O3.C4H8/c1-3-5-9(2)6-4-7-10-8-11(13)15-12(10)14;1-4(2)3/h6,8,11,13H,3-5,7H2,1-2H3;1H2,2-3H3/b9-6+;. The van der Waals surface area contributed by atoms with Crippen molar-refractivity contribution in [3.05, 3.63) is 35.5 Å². The predicted octanol–water partition coefficient (Wildman–Crippen LogP) is 3.90. The summed E-state index contributed by atoms with van der Waals surface area (Å²) in [5, 5.41) is 9.03. The normalized spacial score (nSPS) is 18.4. The Bertz CT molecular complexity index is 360. The van der Waals surface area contributed by atoms with Gasteiger partial charge < -0.3 is 9.84 Å². The van der Waals surface area contributed by atoms with E-state index in [0.717, 1.165) is 19.3 Å². The summed E-state index contributed by atoms with van der Waals surface area (Å²) in [7, 11) is 0. The van der Waals surface area contributed by atoms with Crippen LogP contribution >= 0.6 is 0 Å². The number of aliphatic hydroxyl groups is 1. The fourth-order valence-corrected chi connectivity index (χ4v) is 1.62. The summed E-state index contributed by atoms with van der Waals surface area (Å²) in [6.07, 6.45) is 6.32. The molecule has 108 valence electrons. The molecule has 1 rings (SSSR count). The lowest BCUT2D eigenvalue weighted by atomic mass is 10.1. The molecule has 0 bridgehead atoms. The summed E-state index contributed by atoms with van der Waals surface area (Å²) in [6.45, 7) is 11.7. The summed E-state index contributed by atoms with van der Waals surface area (Å²) in [5.41, 5.74) is 3.10. The fraction of sp³-hybridized carbons (Fsp3) is 0.562. The fourth-order valence-electron chi connectivity index (χ4n) is 1.62. The zero-order valence-corrected chi connectivity index (χ0v) is 12.5. The molecular formula is C16H26O3. The quantitative estimate of drug-likeness (QED) is 0.606. The van der Waals surface area contributed by atoms with Crippen molar-refractivity contribution in [2.75, 3.05) is 0 Å². The molecule has 0 amide bonds. The summed E-state index contributed by atoms with van der Waals surface area (Å²) in [5.74, 6) is -0.385. The monoisotopic (exact) mass is 266 g/mol. The van der Waals surface area contributed by atoms with E-state index in [-0.39, 0.29) is 5.97 Å². The molecule has 0 aliphatic carbocycles. The Balaban J connectivity index is 0.000000711. The maximum Gasteiger partial charge on any atom is 0.336 e. The van der Waals surface area contributed by atoms with Gasteiger partial charge in [0.2, 0.25) is 6.29 Å². The average molecular weight is 266 g/mol. The molecule has 0 saturated carbocycles. The van der Waals surface area contributed by atoms with E-state index < -0.39 is 6.29 Å². The highest BCUT2D eigenvalue weighted by atomic mass is 16.6. The van der Waals surface area contributed by atoms with E-state index in [4.69, 9.17) is 5.11 Å². The number of hydrogen-bond donors (Lipinski definition) is 1. The number of carbonyl (C=O) groups is 1. The van der Waals surface area contributed by atoms with Crippen LogP contribution in [0.2, 0.25) is 0 Å². The Kier molecular flexibility index (Phi) is 8.88. The van der Waals surface area contributed by atoms with Crippen LogP contribution in [0.15, 0.2) is 35.5 Å². The van der Waals surface area contributed by atoms with E-state index in [2.05, 4.69) is 31.2 Å². The van der Waals surface area contributed by atoms with Crippen LogP contribution in [0.4, 0.5) is 0 Å². The van der Waals surface area contributed by atoms with Gasteiger partial charge in [-0.1, -0.05) is 30.6 Å². The van der Waals surface area contributed by atoms with Gasteiger partial charge in [-0.2, -0.15) is 0 Å². The highest BCUT2D eigenvalue weighted by Gasteiger charge is 2.22. The molecule has 0 fully saturated rings. The van der Waals surface area contributed by atoms with Crippen molar-refractivity contribution < 1.29 is 14.6 Å². The summed E-state index contributed by atoms with van der Waals surface area (Å²) >= 11 is 0. The topological polar surface area (TPSA) is 46.5 Å². The molecular weight excluding hydrogens is 240 g/mol. The van der Waals surface area contributed by atoms with E-state index in [1.54, 1.807) is 0 Å². The number of esters is 1. The minimum atomic E-state index is -1.03. The van der Waals surface area contributed by atoms with Crippen molar-refractivity contribution >= 4 is 5.97 Å². The first-order valence-electron chi connectivity index (χ1n) is 6.74. The van der Waals surface area contributed by atoms with Crippen molar-refractivity contribution in [3.63, 3.8) is 0 Å². The molecule has 3 nitrogen and oxygen atoms in total. The number of rotatable bonds is 5. The Morgan fingerprint density at radius 3 is 2.47 bits per heavy atom. The van der Waals surface area contributed by atoms with Crippen LogP contribution in [-0.2, 0) is 9.53 Å². The van der Waals surface area contributed by atoms with Crippen molar-refractivity contribution in [1.82, 2.24) is 0 Å². The van der Waals surface area contributed by atoms with Gasteiger partial charge in [-0.05, 0) is 46.1 Å². The molecule has 1 N–H and O–H groups in total. The van der Waals surface area contributed by atoms with E-state index in [1.165, 1.54) is 17.2 Å². The third-order valence-electron chi connectivity index (χ3n) is 2.38. The molecule has 3 heteroatoms. The Morgan fingerprint density at radius 2 is 2.05 bits per heavy atom. The number of aliphatic hydroxyl groups excluding tert-OH is 1. The molecule has 0 aromatic heterocycles. The van der Waals surface area contributed by atoms with Crippen LogP contribution in [0.3, 0.4) is 0 Å². The smallest absolute Gasteiger partial charge is 0.336 e. The predicted molar refractivity (Wildman–Crippen MR) is 78.6 cm³/mol. The Morgan fingerprint density at radius 1 is 1.47 bits per heavy atom. The highest BCUT2D eigenvalue weighted by Crippen LogP contribution is 2.17. The SMILES string of the molecule is C=C(C)C.CCC/C(C)=C/CCC1=CC(O)OC1=O. The van der Waals surface area contributed by atoms with Gasteiger partial charge in [-0.15, -0.1) is 6.58 Å². The minimum absolute atomic E-state index is 0.385. The maximum absolute atomic E-state index is 11.1. The Hall–Kier alpha value is -1.35. The van der Waals surface area contributed by atoms with Gasteiger partial charge in [0.15, 0.2) is 0 Å². The average Bonchev–Trinajstić information content (AvgIpc) is 2.57. The van der Waals surface area contributed by atoms with Gasteiger partial charge in [-0.3, -0.25) is 0 Å². The van der Waals surface area contributed by atoms with Crippen molar-refractivity contribution in [1.29, 1.82) is 0 Å². The zero-order valence-electron chi connectivity index (χ0n) is 12.5. The van der Waals surface area contributed by atoms with E-state index >= 15 is 0 Å². The number of carbonyl (C=O) groups excluding carboxylic acids is 1. The van der Waals surface area contributed by atoms with Gasteiger partial charge in [0.25, 0.3) is 0 Å². The lowest BCUT2D eigenvalue weighted by Crippen LogP contribution is -2.06. The van der Waals surface area contributed by atoms with Gasteiger partial charge >= 0.3 is 5.97 Å². The number of ether oxygens (including phenoxy) is 1. The highest BCUT2D eigenvalue weighted by molar-refractivity contribution is 5.90. The lowest BCUT2D eigenvalue weighted by molar-refractivity contribution is -0.151. The first kappa shape index (κ1) is 17.6. The Labute approximate surface area is 116 Å². The second-order valence-corrected chi connectivity index (χ2v) is 5.03. The molecule has 1 heterocycles. The number of hydrogen-bond acceptors (Lipinski definition) is 3. The van der Waals surface area contributed by atoms with E-state index in [0.29, 0.717) is 12.0 Å².